The Hall–Kier alpha value is -6.12. The first-order valence-corrected chi connectivity index (χ1v) is 15.7. The molecule has 0 aliphatic heterocycles. The molecular formula is C44H26O2. The molecule has 2 heteroatoms. The van der Waals surface area contributed by atoms with Crippen LogP contribution in [0.1, 0.15) is 0 Å². The van der Waals surface area contributed by atoms with Crippen LogP contribution in [0.2, 0.25) is 0 Å². The van der Waals surface area contributed by atoms with Crippen molar-refractivity contribution in [2.75, 3.05) is 0 Å². The summed E-state index contributed by atoms with van der Waals surface area (Å²) in [6, 6.07) is 55.9. The van der Waals surface area contributed by atoms with Gasteiger partial charge in [0.1, 0.15) is 22.5 Å². The van der Waals surface area contributed by atoms with Crippen molar-refractivity contribution in [3.63, 3.8) is 0 Å². The molecule has 0 unspecified atom stereocenters. The maximum absolute atomic E-state index is 7.02. The number of benzene rings is 8. The highest BCUT2D eigenvalue weighted by Gasteiger charge is 2.26. The number of rotatable bonds is 3. The van der Waals surface area contributed by atoms with E-state index in [-0.39, 0.29) is 0 Å². The first kappa shape index (κ1) is 25.2. The van der Waals surface area contributed by atoms with E-state index < -0.39 is 0 Å². The molecule has 10 aromatic rings. The monoisotopic (exact) mass is 586 g/mol. The zero-order chi connectivity index (χ0) is 30.2. The van der Waals surface area contributed by atoms with Gasteiger partial charge in [-0.3, -0.25) is 0 Å². The first-order valence-electron chi connectivity index (χ1n) is 15.7. The molecule has 0 atom stereocenters. The van der Waals surface area contributed by atoms with Crippen LogP contribution >= 0.6 is 0 Å². The molecule has 0 aliphatic carbocycles. The fraction of sp³-hybridized carbons (Fsp3) is 0. The number of fused-ring (bicyclic) bond motifs is 8. The van der Waals surface area contributed by atoms with E-state index in [1.54, 1.807) is 0 Å². The standard InChI is InChI=1S/C44H26O2/c1-2-14-28(15-3-1)39-42-38(26-25-36-30-18-10-11-24-37(30)45-43(36)42)46-44(39)41-34-21-8-6-19-32(34)40(33-20-7-9-22-35(33)41)31-23-12-16-27-13-4-5-17-29(27)31/h1-26H. The van der Waals surface area contributed by atoms with E-state index in [4.69, 9.17) is 8.83 Å². The smallest absolute Gasteiger partial charge is 0.147 e. The number of furan rings is 2. The zero-order valence-corrected chi connectivity index (χ0v) is 24.8. The lowest BCUT2D eigenvalue weighted by atomic mass is 9.85. The van der Waals surface area contributed by atoms with Crippen molar-refractivity contribution in [3.8, 4) is 33.6 Å². The highest BCUT2D eigenvalue weighted by Crippen LogP contribution is 2.51. The molecule has 0 radical (unpaired) electrons. The molecule has 46 heavy (non-hydrogen) atoms. The third-order valence-corrected chi connectivity index (χ3v) is 9.48. The molecule has 0 fully saturated rings. The van der Waals surface area contributed by atoms with E-state index in [9.17, 15) is 0 Å². The second-order valence-corrected chi connectivity index (χ2v) is 12.0. The molecule has 0 spiro atoms. The average molecular weight is 587 g/mol. The molecular weight excluding hydrogens is 560 g/mol. The van der Waals surface area contributed by atoms with Gasteiger partial charge in [0, 0.05) is 21.9 Å². The van der Waals surface area contributed by atoms with E-state index in [0.29, 0.717) is 0 Å². The summed E-state index contributed by atoms with van der Waals surface area (Å²) in [7, 11) is 0. The molecule has 0 aliphatic rings. The predicted molar refractivity (Wildman–Crippen MR) is 192 cm³/mol. The summed E-state index contributed by atoms with van der Waals surface area (Å²) in [5, 5.41) is 10.4. The molecule has 0 saturated carbocycles. The van der Waals surface area contributed by atoms with Crippen molar-refractivity contribution in [3.05, 3.63) is 158 Å². The Labute approximate surface area is 264 Å². The lowest BCUT2D eigenvalue weighted by Crippen LogP contribution is -1.92. The molecule has 10 rings (SSSR count). The molecule has 2 heterocycles. The SMILES string of the molecule is c1ccc(-c2c(-c3c4ccccc4c(-c4cccc5ccccc45)c4ccccc34)oc3ccc4c5ccccc5oc4c23)cc1. The summed E-state index contributed by atoms with van der Waals surface area (Å²) in [6.45, 7) is 0. The van der Waals surface area contributed by atoms with Crippen LogP contribution in [0.4, 0.5) is 0 Å². The molecule has 0 saturated heterocycles. The van der Waals surface area contributed by atoms with Crippen molar-refractivity contribution in [1.29, 1.82) is 0 Å². The van der Waals surface area contributed by atoms with Gasteiger partial charge in [-0.1, -0.05) is 140 Å². The highest BCUT2D eigenvalue weighted by molar-refractivity contribution is 6.26. The topological polar surface area (TPSA) is 26.3 Å². The summed E-state index contributed by atoms with van der Waals surface area (Å²) in [6.07, 6.45) is 0. The average Bonchev–Trinajstić information content (AvgIpc) is 3.69. The third-order valence-electron chi connectivity index (χ3n) is 9.48. The quantitative estimate of drug-likeness (QED) is 0.193. The second-order valence-electron chi connectivity index (χ2n) is 12.0. The third kappa shape index (κ3) is 3.53. The van der Waals surface area contributed by atoms with Gasteiger partial charge in [0.15, 0.2) is 0 Å². The van der Waals surface area contributed by atoms with Gasteiger partial charge in [0.05, 0.1) is 5.39 Å². The summed E-state index contributed by atoms with van der Waals surface area (Å²) in [5.74, 6) is 0.853. The number of para-hydroxylation sites is 1. The fourth-order valence-corrected chi connectivity index (χ4v) is 7.53. The zero-order valence-electron chi connectivity index (χ0n) is 24.8. The van der Waals surface area contributed by atoms with Crippen LogP contribution in [0, 0.1) is 0 Å². The molecule has 214 valence electrons. The van der Waals surface area contributed by atoms with Gasteiger partial charge in [-0.25, -0.2) is 0 Å². The summed E-state index contributed by atoms with van der Waals surface area (Å²) >= 11 is 0. The minimum atomic E-state index is 0.812. The lowest BCUT2D eigenvalue weighted by molar-refractivity contribution is 0.633. The van der Waals surface area contributed by atoms with Crippen LogP contribution in [0.25, 0.3) is 98.8 Å². The molecule has 2 nitrogen and oxygen atoms in total. The van der Waals surface area contributed by atoms with Gasteiger partial charge < -0.3 is 8.83 Å². The molecule has 2 aromatic heterocycles. The number of hydrogen-bond donors (Lipinski definition) is 0. The van der Waals surface area contributed by atoms with E-state index in [2.05, 4.69) is 146 Å². The Morgan fingerprint density at radius 2 is 0.913 bits per heavy atom. The van der Waals surface area contributed by atoms with E-state index >= 15 is 0 Å². The Kier molecular flexibility index (Phi) is 5.31. The summed E-state index contributed by atoms with van der Waals surface area (Å²) in [5.41, 5.74) is 8.25. The van der Waals surface area contributed by atoms with Crippen LogP contribution in [-0.4, -0.2) is 0 Å². The summed E-state index contributed by atoms with van der Waals surface area (Å²) in [4.78, 5) is 0. The van der Waals surface area contributed by atoms with Gasteiger partial charge >= 0.3 is 0 Å². The van der Waals surface area contributed by atoms with Gasteiger partial charge in [0.25, 0.3) is 0 Å². The Bertz CT molecular complexity index is 2740. The van der Waals surface area contributed by atoms with E-state index in [1.165, 1.54) is 32.7 Å². The highest BCUT2D eigenvalue weighted by atomic mass is 16.3. The van der Waals surface area contributed by atoms with Crippen molar-refractivity contribution < 1.29 is 8.83 Å². The second kappa shape index (κ2) is 9.69. The largest absolute Gasteiger partial charge is 0.455 e. The van der Waals surface area contributed by atoms with Crippen LogP contribution in [0.3, 0.4) is 0 Å². The molecule has 0 amide bonds. The van der Waals surface area contributed by atoms with Gasteiger partial charge in [0.2, 0.25) is 0 Å². The molecule has 8 aromatic carbocycles. The molecule has 0 bridgehead atoms. The summed E-state index contributed by atoms with van der Waals surface area (Å²) < 4.78 is 13.6. The van der Waals surface area contributed by atoms with Gasteiger partial charge in [-0.15, -0.1) is 0 Å². The lowest BCUT2D eigenvalue weighted by Gasteiger charge is -2.18. The van der Waals surface area contributed by atoms with Crippen molar-refractivity contribution in [1.82, 2.24) is 0 Å². The van der Waals surface area contributed by atoms with Crippen LogP contribution < -0.4 is 0 Å². The van der Waals surface area contributed by atoms with Crippen LogP contribution in [-0.2, 0) is 0 Å². The maximum Gasteiger partial charge on any atom is 0.147 e. The van der Waals surface area contributed by atoms with Crippen molar-refractivity contribution in [2.24, 2.45) is 0 Å². The van der Waals surface area contributed by atoms with Crippen molar-refractivity contribution in [2.45, 2.75) is 0 Å². The normalized spacial score (nSPS) is 11.9. The van der Waals surface area contributed by atoms with Gasteiger partial charge in [-0.05, 0) is 67.2 Å². The Morgan fingerprint density at radius 1 is 0.326 bits per heavy atom. The number of hydrogen-bond acceptors (Lipinski definition) is 2. The fourth-order valence-electron chi connectivity index (χ4n) is 7.53. The minimum Gasteiger partial charge on any atom is -0.455 e. The van der Waals surface area contributed by atoms with Gasteiger partial charge in [-0.2, -0.15) is 0 Å². The van der Waals surface area contributed by atoms with Crippen LogP contribution in [0.15, 0.2) is 167 Å². The van der Waals surface area contributed by atoms with Crippen molar-refractivity contribution >= 4 is 65.2 Å². The Balaban J connectivity index is 1.40. The first-order chi connectivity index (χ1) is 22.8. The van der Waals surface area contributed by atoms with Crippen LogP contribution in [0.5, 0.6) is 0 Å². The minimum absolute atomic E-state index is 0.812. The predicted octanol–water partition coefficient (Wildman–Crippen LogP) is 12.8. The van der Waals surface area contributed by atoms with E-state index in [0.717, 1.165) is 66.1 Å². The van der Waals surface area contributed by atoms with E-state index in [1.807, 2.05) is 12.1 Å². The maximum atomic E-state index is 7.02. The Morgan fingerprint density at radius 3 is 1.65 bits per heavy atom. The molecule has 0 N–H and O–H groups in total.